The fraction of sp³-hybridized carbons (Fsp3) is 0.706. The van der Waals surface area contributed by atoms with E-state index in [9.17, 15) is 0 Å². The summed E-state index contributed by atoms with van der Waals surface area (Å²) in [6, 6.07) is 5.02. The third-order valence-corrected chi connectivity index (χ3v) is 5.92. The summed E-state index contributed by atoms with van der Waals surface area (Å²) in [6.07, 6.45) is 5.19. The molecule has 130 valence electrons. The maximum Gasteiger partial charge on any atom is 0.193 e. The average molecular weight is 448 g/mol. The lowest BCUT2D eigenvalue weighted by molar-refractivity contribution is 0.124. The summed E-state index contributed by atoms with van der Waals surface area (Å²) in [7, 11) is 4.18. The topological polar surface area (TPSA) is 30.9 Å². The summed E-state index contributed by atoms with van der Waals surface area (Å²) in [4.78, 5) is 10.9. The van der Waals surface area contributed by atoms with Crippen LogP contribution in [-0.4, -0.2) is 56.0 Å². The first-order valence-electron chi connectivity index (χ1n) is 8.49. The van der Waals surface area contributed by atoms with Crippen LogP contribution in [-0.2, 0) is 0 Å². The minimum atomic E-state index is 0. The monoisotopic (exact) mass is 448 g/mol. The molecule has 0 aliphatic carbocycles. The van der Waals surface area contributed by atoms with Gasteiger partial charge in [-0.05, 0) is 56.6 Å². The molecule has 0 aromatic carbocycles. The second kappa shape index (κ2) is 9.22. The highest BCUT2D eigenvalue weighted by molar-refractivity contribution is 14.0. The van der Waals surface area contributed by atoms with Gasteiger partial charge in [-0.3, -0.25) is 9.89 Å². The number of aliphatic imine (C=N–C) groups is 1. The van der Waals surface area contributed by atoms with Crippen LogP contribution >= 0.6 is 35.3 Å². The van der Waals surface area contributed by atoms with Gasteiger partial charge in [0, 0.05) is 37.6 Å². The molecular formula is C17H29IN4S. The average Bonchev–Trinajstić information content (AvgIpc) is 3.21. The SMILES string of the molecule is CN=C(NCC1CCCN(C)C1c1cccs1)N1CCCC1.I. The number of hydrogen-bond donors (Lipinski definition) is 1. The van der Waals surface area contributed by atoms with Gasteiger partial charge in [0.2, 0.25) is 0 Å². The first-order chi connectivity index (χ1) is 10.8. The summed E-state index contributed by atoms with van der Waals surface area (Å²) in [5.41, 5.74) is 0. The maximum atomic E-state index is 4.48. The van der Waals surface area contributed by atoms with Gasteiger partial charge in [0.05, 0.1) is 0 Å². The molecule has 0 bridgehead atoms. The fourth-order valence-corrected chi connectivity index (χ4v) is 4.85. The number of thiophene rings is 1. The molecule has 2 atom stereocenters. The first-order valence-corrected chi connectivity index (χ1v) is 9.37. The maximum absolute atomic E-state index is 4.48. The zero-order valence-corrected chi connectivity index (χ0v) is 17.3. The number of guanidine groups is 1. The van der Waals surface area contributed by atoms with Gasteiger partial charge in [0.25, 0.3) is 0 Å². The normalized spacial score (nSPS) is 26.2. The van der Waals surface area contributed by atoms with Gasteiger partial charge in [0.15, 0.2) is 5.96 Å². The third-order valence-electron chi connectivity index (χ3n) is 4.98. The van der Waals surface area contributed by atoms with Crippen LogP contribution in [0.15, 0.2) is 22.5 Å². The van der Waals surface area contributed by atoms with E-state index in [-0.39, 0.29) is 24.0 Å². The van der Waals surface area contributed by atoms with Crippen molar-refractivity contribution in [2.24, 2.45) is 10.9 Å². The quantitative estimate of drug-likeness (QED) is 0.437. The highest BCUT2D eigenvalue weighted by Gasteiger charge is 2.31. The molecule has 3 rings (SSSR count). The number of rotatable bonds is 3. The Bertz CT molecular complexity index is 485. The second-order valence-electron chi connectivity index (χ2n) is 6.47. The Morgan fingerprint density at radius 2 is 2.09 bits per heavy atom. The molecule has 2 aliphatic heterocycles. The fourth-order valence-electron chi connectivity index (χ4n) is 3.87. The minimum absolute atomic E-state index is 0. The van der Waals surface area contributed by atoms with Crippen molar-refractivity contribution in [3.63, 3.8) is 0 Å². The molecule has 0 radical (unpaired) electrons. The van der Waals surface area contributed by atoms with Crippen molar-refractivity contribution in [3.8, 4) is 0 Å². The van der Waals surface area contributed by atoms with Crippen molar-refractivity contribution in [1.82, 2.24) is 15.1 Å². The molecule has 1 aromatic rings. The van der Waals surface area contributed by atoms with Gasteiger partial charge in [-0.15, -0.1) is 35.3 Å². The largest absolute Gasteiger partial charge is 0.356 e. The molecular weight excluding hydrogens is 419 g/mol. The number of nitrogens with zero attached hydrogens (tertiary/aromatic N) is 3. The molecule has 2 fully saturated rings. The van der Waals surface area contributed by atoms with Crippen LogP contribution in [0, 0.1) is 5.92 Å². The Labute approximate surface area is 161 Å². The van der Waals surface area contributed by atoms with E-state index in [4.69, 9.17) is 0 Å². The van der Waals surface area contributed by atoms with Crippen molar-refractivity contribution in [1.29, 1.82) is 0 Å². The van der Waals surface area contributed by atoms with Crippen LogP contribution in [0.25, 0.3) is 0 Å². The van der Waals surface area contributed by atoms with E-state index in [1.807, 2.05) is 18.4 Å². The molecule has 23 heavy (non-hydrogen) atoms. The van der Waals surface area contributed by atoms with Crippen molar-refractivity contribution >= 4 is 41.3 Å². The van der Waals surface area contributed by atoms with Gasteiger partial charge < -0.3 is 10.2 Å². The Kier molecular flexibility index (Phi) is 7.62. The Morgan fingerprint density at radius 1 is 1.30 bits per heavy atom. The molecule has 0 amide bonds. The lowest BCUT2D eigenvalue weighted by Crippen LogP contribution is -2.45. The summed E-state index contributed by atoms with van der Waals surface area (Å²) < 4.78 is 0. The molecule has 2 saturated heterocycles. The van der Waals surface area contributed by atoms with Gasteiger partial charge in [0.1, 0.15) is 0 Å². The van der Waals surface area contributed by atoms with E-state index in [2.05, 4.69) is 44.7 Å². The minimum Gasteiger partial charge on any atom is -0.356 e. The number of piperidine rings is 1. The lowest BCUT2D eigenvalue weighted by Gasteiger charge is -2.39. The Hall–Kier alpha value is -0.340. The van der Waals surface area contributed by atoms with Crippen molar-refractivity contribution < 1.29 is 0 Å². The van der Waals surface area contributed by atoms with Crippen molar-refractivity contribution in [2.45, 2.75) is 31.7 Å². The molecule has 6 heteroatoms. The molecule has 2 unspecified atom stereocenters. The zero-order valence-electron chi connectivity index (χ0n) is 14.2. The number of nitrogens with one attached hydrogen (secondary N) is 1. The van der Waals surface area contributed by atoms with Crippen LogP contribution in [0.1, 0.15) is 36.6 Å². The highest BCUT2D eigenvalue weighted by atomic mass is 127. The standard InChI is InChI=1S/C17H28N4S.HI/c1-18-17(21-10-3-4-11-21)19-13-14-7-5-9-20(2)16(14)15-8-6-12-22-15;/h6,8,12,14,16H,3-5,7,9-11,13H2,1-2H3,(H,18,19);1H. The van der Waals surface area contributed by atoms with Crippen LogP contribution in [0.2, 0.25) is 0 Å². The van der Waals surface area contributed by atoms with E-state index in [1.54, 1.807) is 0 Å². The highest BCUT2D eigenvalue weighted by Crippen LogP contribution is 2.36. The van der Waals surface area contributed by atoms with Gasteiger partial charge in [-0.25, -0.2) is 0 Å². The number of halogens is 1. The summed E-state index contributed by atoms with van der Waals surface area (Å²) >= 11 is 1.89. The van der Waals surface area contributed by atoms with Crippen LogP contribution in [0.4, 0.5) is 0 Å². The van der Waals surface area contributed by atoms with Crippen LogP contribution in [0.5, 0.6) is 0 Å². The Morgan fingerprint density at radius 3 is 2.74 bits per heavy atom. The third kappa shape index (κ3) is 4.60. The van der Waals surface area contributed by atoms with E-state index in [0.29, 0.717) is 12.0 Å². The van der Waals surface area contributed by atoms with Crippen LogP contribution in [0.3, 0.4) is 0 Å². The van der Waals surface area contributed by atoms with E-state index < -0.39 is 0 Å². The predicted molar refractivity (Wildman–Crippen MR) is 110 cm³/mol. The zero-order chi connectivity index (χ0) is 15.4. The summed E-state index contributed by atoms with van der Waals surface area (Å²) in [5.74, 6) is 1.76. The molecule has 0 spiro atoms. The molecule has 1 N–H and O–H groups in total. The Balaban J connectivity index is 0.00000192. The van der Waals surface area contributed by atoms with Gasteiger partial charge in [-0.1, -0.05) is 6.07 Å². The van der Waals surface area contributed by atoms with Gasteiger partial charge in [-0.2, -0.15) is 0 Å². The van der Waals surface area contributed by atoms with Crippen molar-refractivity contribution in [3.05, 3.63) is 22.4 Å². The molecule has 0 saturated carbocycles. The second-order valence-corrected chi connectivity index (χ2v) is 7.44. The molecule has 3 heterocycles. The smallest absolute Gasteiger partial charge is 0.193 e. The predicted octanol–water partition coefficient (Wildman–Crippen LogP) is 3.42. The molecule has 2 aliphatic rings. The number of hydrogen-bond acceptors (Lipinski definition) is 3. The van der Waals surface area contributed by atoms with Crippen LogP contribution < -0.4 is 5.32 Å². The number of likely N-dealkylation sites (tertiary alicyclic amines) is 2. The van der Waals surface area contributed by atoms with Gasteiger partial charge >= 0.3 is 0 Å². The molecule has 4 nitrogen and oxygen atoms in total. The molecule has 1 aromatic heterocycles. The van der Waals surface area contributed by atoms with E-state index in [0.717, 1.165) is 25.6 Å². The summed E-state index contributed by atoms with van der Waals surface area (Å²) in [5, 5.41) is 5.85. The summed E-state index contributed by atoms with van der Waals surface area (Å²) in [6.45, 7) is 4.53. The van der Waals surface area contributed by atoms with E-state index in [1.165, 1.54) is 37.1 Å². The first kappa shape index (κ1) is 19.0. The van der Waals surface area contributed by atoms with E-state index >= 15 is 0 Å². The van der Waals surface area contributed by atoms with Crippen molar-refractivity contribution in [2.75, 3.05) is 40.3 Å². The lowest BCUT2D eigenvalue weighted by atomic mass is 9.88.